The van der Waals surface area contributed by atoms with E-state index in [1.54, 1.807) is 0 Å². The Labute approximate surface area is 54.6 Å². The van der Waals surface area contributed by atoms with Gasteiger partial charge in [0.2, 0.25) is 0 Å². The summed E-state index contributed by atoms with van der Waals surface area (Å²) < 4.78 is 12.7. The Kier molecular flexibility index (Phi) is 1.22. The first-order valence-corrected chi connectivity index (χ1v) is 3.75. The Bertz CT molecular complexity index is 103. The molecule has 52 valence electrons. The van der Waals surface area contributed by atoms with Gasteiger partial charge in [0.05, 0.1) is 0 Å². The summed E-state index contributed by atoms with van der Waals surface area (Å²) in [7, 11) is 0. The van der Waals surface area contributed by atoms with Crippen LogP contribution in [-0.4, -0.2) is 18.3 Å². The minimum atomic E-state index is -0.510. The predicted molar refractivity (Wildman–Crippen MR) is 34.1 cm³/mol. The van der Waals surface area contributed by atoms with Gasteiger partial charge in [0.15, 0.2) is 0 Å². The SMILES string of the molecule is FC1C[C@@H]2CC[C@@H](C1)N2. The fourth-order valence-corrected chi connectivity index (χ4v) is 1.99. The average Bonchev–Trinajstić information content (AvgIpc) is 2.11. The second-order valence-electron chi connectivity index (χ2n) is 3.21. The molecule has 2 atom stereocenters. The van der Waals surface area contributed by atoms with Crippen molar-refractivity contribution in [2.45, 2.75) is 43.9 Å². The Balaban J connectivity index is 2.03. The van der Waals surface area contributed by atoms with Crippen LogP contribution in [0.5, 0.6) is 0 Å². The number of nitrogens with one attached hydrogen (secondary N) is 1. The molecule has 0 saturated carbocycles. The minimum Gasteiger partial charge on any atom is -0.311 e. The monoisotopic (exact) mass is 129 g/mol. The van der Waals surface area contributed by atoms with Crippen molar-refractivity contribution >= 4 is 0 Å². The number of halogens is 1. The van der Waals surface area contributed by atoms with Gasteiger partial charge < -0.3 is 5.32 Å². The third-order valence-electron chi connectivity index (χ3n) is 2.42. The van der Waals surface area contributed by atoms with Crippen molar-refractivity contribution in [3.05, 3.63) is 0 Å². The van der Waals surface area contributed by atoms with Crippen LogP contribution >= 0.6 is 0 Å². The van der Waals surface area contributed by atoms with Gasteiger partial charge in [-0.15, -0.1) is 0 Å². The van der Waals surface area contributed by atoms with Crippen molar-refractivity contribution < 1.29 is 4.39 Å². The highest BCUT2D eigenvalue weighted by Crippen LogP contribution is 2.28. The molecular formula is C7H12FN. The van der Waals surface area contributed by atoms with E-state index in [1.807, 2.05) is 0 Å². The van der Waals surface area contributed by atoms with Gasteiger partial charge in [-0.25, -0.2) is 4.39 Å². The maximum atomic E-state index is 12.7. The molecule has 2 heterocycles. The van der Waals surface area contributed by atoms with Gasteiger partial charge in [0.25, 0.3) is 0 Å². The van der Waals surface area contributed by atoms with E-state index in [0.29, 0.717) is 12.1 Å². The summed E-state index contributed by atoms with van der Waals surface area (Å²) in [5, 5.41) is 3.38. The third-order valence-corrected chi connectivity index (χ3v) is 2.42. The quantitative estimate of drug-likeness (QED) is 0.519. The Morgan fingerprint density at radius 3 is 2.22 bits per heavy atom. The summed E-state index contributed by atoms with van der Waals surface area (Å²) in [6, 6.07) is 1.03. The number of rotatable bonds is 0. The van der Waals surface area contributed by atoms with Crippen LogP contribution in [0.1, 0.15) is 25.7 Å². The van der Waals surface area contributed by atoms with Gasteiger partial charge in [-0.2, -0.15) is 0 Å². The molecule has 2 aliphatic heterocycles. The van der Waals surface area contributed by atoms with Crippen LogP contribution in [-0.2, 0) is 0 Å². The Hall–Kier alpha value is -0.110. The van der Waals surface area contributed by atoms with Crippen LogP contribution in [0.3, 0.4) is 0 Å². The van der Waals surface area contributed by atoms with Crippen molar-refractivity contribution in [2.24, 2.45) is 0 Å². The molecule has 0 aromatic heterocycles. The molecule has 2 saturated heterocycles. The summed E-state index contributed by atoms with van der Waals surface area (Å²) >= 11 is 0. The zero-order valence-corrected chi connectivity index (χ0v) is 5.44. The molecule has 2 heteroatoms. The number of piperidine rings is 1. The molecule has 0 aromatic carbocycles. The van der Waals surface area contributed by atoms with E-state index >= 15 is 0 Å². The van der Waals surface area contributed by atoms with E-state index in [0.717, 1.165) is 12.8 Å². The van der Waals surface area contributed by atoms with Crippen LogP contribution < -0.4 is 5.32 Å². The first-order chi connectivity index (χ1) is 4.34. The molecular weight excluding hydrogens is 117 g/mol. The van der Waals surface area contributed by atoms with Crippen LogP contribution in [0.4, 0.5) is 4.39 Å². The molecule has 2 bridgehead atoms. The minimum absolute atomic E-state index is 0.510. The molecule has 2 aliphatic rings. The third kappa shape index (κ3) is 0.960. The lowest BCUT2D eigenvalue weighted by Crippen LogP contribution is -2.38. The van der Waals surface area contributed by atoms with E-state index in [1.165, 1.54) is 12.8 Å². The highest BCUT2D eigenvalue weighted by Gasteiger charge is 2.32. The summed E-state index contributed by atoms with van der Waals surface area (Å²) in [6.45, 7) is 0. The second-order valence-corrected chi connectivity index (χ2v) is 3.21. The highest BCUT2D eigenvalue weighted by atomic mass is 19.1. The van der Waals surface area contributed by atoms with E-state index < -0.39 is 6.17 Å². The average molecular weight is 129 g/mol. The topological polar surface area (TPSA) is 12.0 Å². The molecule has 1 N–H and O–H groups in total. The summed E-state index contributed by atoms with van der Waals surface area (Å²) in [4.78, 5) is 0. The van der Waals surface area contributed by atoms with Crippen LogP contribution in [0, 0.1) is 0 Å². The first-order valence-electron chi connectivity index (χ1n) is 3.75. The standard InChI is InChI=1S/C7H12FN/c8-5-3-6-1-2-7(4-5)9-6/h5-7,9H,1-4H2/t6-,7-/m0/s1. The molecule has 2 rings (SSSR count). The largest absolute Gasteiger partial charge is 0.311 e. The predicted octanol–water partition coefficient (Wildman–Crippen LogP) is 1.24. The highest BCUT2D eigenvalue weighted by molar-refractivity contribution is 4.91. The zero-order chi connectivity index (χ0) is 6.27. The maximum Gasteiger partial charge on any atom is 0.103 e. The van der Waals surface area contributed by atoms with E-state index in [4.69, 9.17) is 0 Å². The summed E-state index contributed by atoms with van der Waals surface area (Å²) in [6.07, 6.45) is 3.41. The van der Waals surface area contributed by atoms with Gasteiger partial charge in [0.1, 0.15) is 6.17 Å². The molecule has 0 amide bonds. The lowest BCUT2D eigenvalue weighted by molar-refractivity contribution is 0.220. The van der Waals surface area contributed by atoms with Crippen molar-refractivity contribution in [2.75, 3.05) is 0 Å². The molecule has 0 spiro atoms. The maximum absolute atomic E-state index is 12.7. The van der Waals surface area contributed by atoms with E-state index in [2.05, 4.69) is 5.32 Å². The first kappa shape index (κ1) is 5.66. The van der Waals surface area contributed by atoms with Crippen molar-refractivity contribution in [3.63, 3.8) is 0 Å². The molecule has 0 aromatic rings. The number of hydrogen-bond acceptors (Lipinski definition) is 1. The fraction of sp³-hybridized carbons (Fsp3) is 1.00. The molecule has 1 nitrogen and oxygen atoms in total. The van der Waals surface area contributed by atoms with Crippen LogP contribution in [0.2, 0.25) is 0 Å². The van der Waals surface area contributed by atoms with E-state index in [9.17, 15) is 4.39 Å². The van der Waals surface area contributed by atoms with Gasteiger partial charge in [-0.1, -0.05) is 0 Å². The summed E-state index contributed by atoms with van der Waals surface area (Å²) in [5.41, 5.74) is 0. The second kappa shape index (κ2) is 1.94. The van der Waals surface area contributed by atoms with Crippen LogP contribution in [0.15, 0.2) is 0 Å². The smallest absolute Gasteiger partial charge is 0.103 e. The van der Waals surface area contributed by atoms with Gasteiger partial charge >= 0.3 is 0 Å². The summed E-state index contributed by atoms with van der Waals surface area (Å²) in [5.74, 6) is 0. The Morgan fingerprint density at radius 1 is 1.11 bits per heavy atom. The van der Waals surface area contributed by atoms with Gasteiger partial charge in [-0.05, 0) is 25.7 Å². The molecule has 0 unspecified atom stereocenters. The van der Waals surface area contributed by atoms with Crippen molar-refractivity contribution in [1.82, 2.24) is 5.32 Å². The zero-order valence-electron chi connectivity index (χ0n) is 5.44. The fourth-order valence-electron chi connectivity index (χ4n) is 1.99. The molecule has 0 radical (unpaired) electrons. The van der Waals surface area contributed by atoms with Crippen molar-refractivity contribution in [3.8, 4) is 0 Å². The van der Waals surface area contributed by atoms with Gasteiger partial charge in [0, 0.05) is 12.1 Å². The van der Waals surface area contributed by atoms with Crippen LogP contribution in [0.25, 0.3) is 0 Å². The van der Waals surface area contributed by atoms with Crippen molar-refractivity contribution in [1.29, 1.82) is 0 Å². The number of alkyl halides is 1. The lowest BCUT2D eigenvalue weighted by atomic mass is 10.0. The lowest BCUT2D eigenvalue weighted by Gasteiger charge is -2.23. The van der Waals surface area contributed by atoms with E-state index in [-0.39, 0.29) is 0 Å². The number of fused-ring (bicyclic) bond motifs is 2. The molecule has 0 aliphatic carbocycles. The number of hydrogen-bond donors (Lipinski definition) is 1. The Morgan fingerprint density at radius 2 is 1.67 bits per heavy atom. The van der Waals surface area contributed by atoms with Gasteiger partial charge in [-0.3, -0.25) is 0 Å². The molecule has 2 fully saturated rings. The molecule has 9 heavy (non-hydrogen) atoms. The normalized spacial score (nSPS) is 49.7.